The van der Waals surface area contributed by atoms with E-state index in [9.17, 15) is 15.0 Å². The van der Waals surface area contributed by atoms with Crippen molar-refractivity contribution in [1.29, 1.82) is 0 Å². The van der Waals surface area contributed by atoms with Crippen LogP contribution in [-0.4, -0.2) is 50.6 Å². The van der Waals surface area contributed by atoms with Crippen LogP contribution in [0.15, 0.2) is 0 Å². The Morgan fingerprint density at radius 3 is 2.25 bits per heavy atom. The zero-order chi connectivity index (χ0) is 12.4. The second-order valence-electron chi connectivity index (χ2n) is 5.31. The number of carbonyl (C=O) groups is 1. The molecule has 5 heteroatoms. The first kappa shape index (κ1) is 13.3. The summed E-state index contributed by atoms with van der Waals surface area (Å²) in [6.45, 7) is 4.17. The van der Waals surface area contributed by atoms with Gasteiger partial charge in [-0.3, -0.25) is 0 Å². The van der Waals surface area contributed by atoms with Crippen LogP contribution in [0.5, 0.6) is 0 Å². The smallest absolute Gasteiger partial charge is 0.407 e. The largest absolute Gasteiger partial charge is 0.465 e. The molecule has 3 N–H and O–H groups in total. The van der Waals surface area contributed by atoms with Gasteiger partial charge in [0.2, 0.25) is 0 Å². The molecule has 0 aromatic heterocycles. The third kappa shape index (κ3) is 3.98. The number of hydrogen-bond donors (Lipinski definition) is 3. The lowest BCUT2D eigenvalue weighted by atomic mass is 9.84. The van der Waals surface area contributed by atoms with Crippen LogP contribution in [0, 0.1) is 0 Å². The Morgan fingerprint density at radius 1 is 1.38 bits per heavy atom. The molecule has 0 aromatic carbocycles. The Hall–Kier alpha value is -0.810. The van der Waals surface area contributed by atoms with Crippen molar-refractivity contribution in [3.05, 3.63) is 0 Å². The number of piperidine rings is 1. The Morgan fingerprint density at radius 2 is 1.88 bits per heavy atom. The Labute approximate surface area is 95.7 Å². The van der Waals surface area contributed by atoms with E-state index in [1.54, 1.807) is 13.8 Å². The molecule has 0 radical (unpaired) electrons. The third-order valence-electron chi connectivity index (χ3n) is 3.17. The lowest BCUT2D eigenvalue weighted by molar-refractivity contribution is -0.0427. The van der Waals surface area contributed by atoms with E-state index in [-0.39, 0.29) is 0 Å². The molecule has 0 aliphatic carbocycles. The van der Waals surface area contributed by atoms with Crippen LogP contribution in [0.2, 0.25) is 0 Å². The number of amides is 1. The van der Waals surface area contributed by atoms with E-state index >= 15 is 0 Å². The molecule has 1 fully saturated rings. The highest BCUT2D eigenvalue weighted by atomic mass is 16.4. The van der Waals surface area contributed by atoms with E-state index in [2.05, 4.69) is 0 Å². The molecule has 94 valence electrons. The molecular weight excluding hydrogens is 210 g/mol. The van der Waals surface area contributed by atoms with Gasteiger partial charge in [0.05, 0.1) is 11.2 Å². The van der Waals surface area contributed by atoms with Crippen molar-refractivity contribution in [3.63, 3.8) is 0 Å². The molecule has 1 aliphatic heterocycles. The van der Waals surface area contributed by atoms with Gasteiger partial charge in [0, 0.05) is 13.1 Å². The minimum atomic E-state index is -0.926. The predicted octanol–water partition coefficient (Wildman–Crippen LogP) is 1.04. The molecule has 1 heterocycles. The molecule has 0 saturated carbocycles. The first-order chi connectivity index (χ1) is 7.22. The Balaban J connectivity index is 2.41. The Kier molecular flexibility index (Phi) is 3.80. The molecule has 1 saturated heterocycles. The van der Waals surface area contributed by atoms with Crippen LogP contribution in [0.4, 0.5) is 4.79 Å². The molecule has 0 bridgehead atoms. The summed E-state index contributed by atoms with van der Waals surface area (Å²) in [4.78, 5) is 12.0. The molecule has 5 nitrogen and oxygen atoms in total. The van der Waals surface area contributed by atoms with Crippen molar-refractivity contribution in [2.45, 2.75) is 50.7 Å². The van der Waals surface area contributed by atoms with E-state index in [1.807, 2.05) is 0 Å². The number of rotatable bonds is 3. The number of hydrogen-bond acceptors (Lipinski definition) is 3. The van der Waals surface area contributed by atoms with E-state index in [0.29, 0.717) is 38.8 Å². The zero-order valence-corrected chi connectivity index (χ0v) is 9.94. The second-order valence-corrected chi connectivity index (χ2v) is 5.31. The van der Waals surface area contributed by atoms with Gasteiger partial charge in [0.1, 0.15) is 0 Å². The molecule has 0 atom stereocenters. The fourth-order valence-electron chi connectivity index (χ4n) is 1.90. The fraction of sp³-hybridized carbons (Fsp3) is 0.909. The summed E-state index contributed by atoms with van der Waals surface area (Å²) >= 11 is 0. The van der Waals surface area contributed by atoms with Crippen LogP contribution in [0.25, 0.3) is 0 Å². The quantitative estimate of drug-likeness (QED) is 0.678. The summed E-state index contributed by atoms with van der Waals surface area (Å²) < 4.78 is 0. The van der Waals surface area contributed by atoms with Crippen LogP contribution in [0.3, 0.4) is 0 Å². The SMILES string of the molecule is CC(C)(O)CCC1(O)CCN(C(=O)O)CC1. The summed E-state index contributed by atoms with van der Waals surface area (Å²) in [6.07, 6.45) is 1.02. The first-order valence-corrected chi connectivity index (χ1v) is 5.65. The maximum atomic E-state index is 10.7. The van der Waals surface area contributed by atoms with E-state index in [0.717, 1.165) is 0 Å². The molecule has 1 aliphatic rings. The van der Waals surface area contributed by atoms with Gasteiger partial charge in [-0.05, 0) is 39.5 Å². The zero-order valence-electron chi connectivity index (χ0n) is 9.94. The standard InChI is InChI=1S/C11H21NO4/c1-10(2,15)3-4-11(16)5-7-12(8-6-11)9(13)14/h15-16H,3-8H2,1-2H3,(H,13,14). The van der Waals surface area contributed by atoms with Gasteiger partial charge in [0.25, 0.3) is 0 Å². The number of aliphatic hydroxyl groups is 2. The van der Waals surface area contributed by atoms with Crippen molar-refractivity contribution in [1.82, 2.24) is 4.90 Å². The third-order valence-corrected chi connectivity index (χ3v) is 3.17. The highest BCUT2D eigenvalue weighted by Gasteiger charge is 2.34. The van der Waals surface area contributed by atoms with Crippen LogP contribution in [0.1, 0.15) is 39.5 Å². The van der Waals surface area contributed by atoms with Gasteiger partial charge in [-0.2, -0.15) is 0 Å². The molecule has 0 aromatic rings. The van der Waals surface area contributed by atoms with E-state index in [4.69, 9.17) is 5.11 Å². The van der Waals surface area contributed by atoms with E-state index in [1.165, 1.54) is 4.90 Å². The van der Waals surface area contributed by atoms with Crippen LogP contribution in [-0.2, 0) is 0 Å². The van der Waals surface area contributed by atoms with Crippen LogP contribution < -0.4 is 0 Å². The maximum Gasteiger partial charge on any atom is 0.407 e. The highest BCUT2D eigenvalue weighted by molar-refractivity contribution is 5.65. The van der Waals surface area contributed by atoms with Crippen molar-refractivity contribution in [3.8, 4) is 0 Å². The summed E-state index contributed by atoms with van der Waals surface area (Å²) in [6, 6.07) is 0. The number of nitrogens with zero attached hydrogens (tertiary/aromatic N) is 1. The van der Waals surface area contributed by atoms with Gasteiger partial charge in [-0.1, -0.05) is 0 Å². The summed E-state index contributed by atoms with van der Waals surface area (Å²) in [5.74, 6) is 0. The molecule has 0 unspecified atom stereocenters. The molecular formula is C11H21NO4. The van der Waals surface area contributed by atoms with Crippen molar-refractivity contribution < 1.29 is 20.1 Å². The summed E-state index contributed by atoms with van der Waals surface area (Å²) in [5, 5.41) is 28.6. The average molecular weight is 231 g/mol. The molecule has 1 rings (SSSR count). The number of carboxylic acid groups (broad SMARTS) is 1. The van der Waals surface area contributed by atoms with Gasteiger partial charge < -0.3 is 20.2 Å². The monoisotopic (exact) mass is 231 g/mol. The fourth-order valence-corrected chi connectivity index (χ4v) is 1.90. The molecule has 1 amide bonds. The highest BCUT2D eigenvalue weighted by Crippen LogP contribution is 2.29. The number of likely N-dealkylation sites (tertiary alicyclic amines) is 1. The average Bonchev–Trinajstić information content (AvgIpc) is 2.15. The minimum absolute atomic E-state index is 0.373. The Bertz CT molecular complexity index is 251. The maximum absolute atomic E-state index is 10.7. The first-order valence-electron chi connectivity index (χ1n) is 5.65. The van der Waals surface area contributed by atoms with Gasteiger partial charge in [0.15, 0.2) is 0 Å². The topological polar surface area (TPSA) is 81.0 Å². The van der Waals surface area contributed by atoms with Gasteiger partial charge in [-0.25, -0.2) is 4.79 Å². The molecule has 16 heavy (non-hydrogen) atoms. The second kappa shape index (κ2) is 4.59. The van der Waals surface area contributed by atoms with Crippen molar-refractivity contribution in [2.75, 3.05) is 13.1 Å². The summed E-state index contributed by atoms with van der Waals surface area (Å²) in [7, 11) is 0. The minimum Gasteiger partial charge on any atom is -0.465 e. The van der Waals surface area contributed by atoms with Crippen molar-refractivity contribution in [2.24, 2.45) is 0 Å². The normalized spacial score (nSPS) is 20.9. The van der Waals surface area contributed by atoms with Crippen LogP contribution >= 0.6 is 0 Å². The van der Waals surface area contributed by atoms with E-state index < -0.39 is 17.3 Å². The van der Waals surface area contributed by atoms with Gasteiger partial charge >= 0.3 is 6.09 Å². The molecule has 0 spiro atoms. The lowest BCUT2D eigenvalue weighted by Crippen LogP contribution is -2.46. The lowest BCUT2D eigenvalue weighted by Gasteiger charge is -2.38. The van der Waals surface area contributed by atoms with Crippen molar-refractivity contribution >= 4 is 6.09 Å². The summed E-state index contributed by atoms with van der Waals surface area (Å²) in [5.41, 5.74) is -1.59. The van der Waals surface area contributed by atoms with Gasteiger partial charge in [-0.15, -0.1) is 0 Å². The predicted molar refractivity (Wildman–Crippen MR) is 59.3 cm³/mol.